The molecule has 3 nitrogen and oxygen atoms in total. The Morgan fingerprint density at radius 3 is 2.89 bits per heavy atom. The van der Waals surface area contributed by atoms with Crippen LogP contribution in [0.1, 0.15) is 42.1 Å². The average Bonchev–Trinajstić information content (AvgIpc) is 2.38. The van der Waals surface area contributed by atoms with Gasteiger partial charge in [-0.05, 0) is 45.2 Å². The van der Waals surface area contributed by atoms with Gasteiger partial charge in [0.25, 0.3) is 5.91 Å². The van der Waals surface area contributed by atoms with E-state index in [2.05, 4.69) is 6.92 Å². The molecule has 98 valence electrons. The lowest BCUT2D eigenvalue weighted by Crippen LogP contribution is -2.56. The van der Waals surface area contributed by atoms with Crippen LogP contribution in [0.3, 0.4) is 0 Å². The number of hydrogen-bond donors (Lipinski definition) is 1. The summed E-state index contributed by atoms with van der Waals surface area (Å²) in [6, 6.07) is 7.79. The minimum absolute atomic E-state index is 0.117. The van der Waals surface area contributed by atoms with E-state index < -0.39 is 0 Å². The summed E-state index contributed by atoms with van der Waals surface area (Å²) in [6.07, 6.45) is 3.24. The van der Waals surface area contributed by atoms with E-state index in [1.807, 2.05) is 36.1 Å². The molecular weight excluding hydrogens is 224 g/mol. The van der Waals surface area contributed by atoms with Crippen LogP contribution in [-0.4, -0.2) is 29.4 Å². The van der Waals surface area contributed by atoms with Crippen LogP contribution in [0.4, 0.5) is 0 Å². The largest absolute Gasteiger partial charge is 0.332 e. The molecule has 1 unspecified atom stereocenters. The van der Waals surface area contributed by atoms with Crippen molar-refractivity contribution in [3.8, 4) is 0 Å². The van der Waals surface area contributed by atoms with E-state index in [0.29, 0.717) is 6.54 Å². The molecule has 0 spiro atoms. The van der Waals surface area contributed by atoms with E-state index in [1.165, 1.54) is 0 Å². The van der Waals surface area contributed by atoms with E-state index in [-0.39, 0.29) is 11.4 Å². The minimum atomic E-state index is -0.181. The van der Waals surface area contributed by atoms with Crippen LogP contribution in [0.2, 0.25) is 0 Å². The summed E-state index contributed by atoms with van der Waals surface area (Å²) < 4.78 is 0. The number of piperidine rings is 1. The van der Waals surface area contributed by atoms with Crippen LogP contribution >= 0.6 is 0 Å². The van der Waals surface area contributed by atoms with Crippen LogP contribution in [0.25, 0.3) is 0 Å². The van der Waals surface area contributed by atoms with Gasteiger partial charge in [-0.15, -0.1) is 0 Å². The molecule has 2 N–H and O–H groups in total. The van der Waals surface area contributed by atoms with E-state index >= 15 is 0 Å². The molecule has 1 heterocycles. The molecule has 1 aliphatic rings. The topological polar surface area (TPSA) is 46.3 Å². The van der Waals surface area contributed by atoms with Crippen molar-refractivity contribution in [1.82, 2.24) is 4.90 Å². The molecule has 18 heavy (non-hydrogen) atoms. The number of aryl methyl sites for hydroxylation is 1. The molecular formula is C15H22N2O. The van der Waals surface area contributed by atoms with Gasteiger partial charge >= 0.3 is 0 Å². The van der Waals surface area contributed by atoms with Crippen molar-refractivity contribution in [2.75, 3.05) is 13.1 Å². The summed E-state index contributed by atoms with van der Waals surface area (Å²) in [5.41, 5.74) is 7.59. The molecule has 1 aromatic rings. The fraction of sp³-hybridized carbons (Fsp3) is 0.533. The lowest BCUT2D eigenvalue weighted by atomic mass is 9.88. The van der Waals surface area contributed by atoms with Gasteiger partial charge in [0, 0.05) is 18.7 Å². The second-order valence-electron chi connectivity index (χ2n) is 5.48. The lowest BCUT2D eigenvalue weighted by molar-refractivity contribution is 0.0403. The second-order valence-corrected chi connectivity index (χ2v) is 5.48. The normalized spacial score (nSPS) is 24.1. The number of nitrogens with two attached hydrogens (primary N) is 1. The van der Waals surface area contributed by atoms with Gasteiger partial charge in [0.1, 0.15) is 0 Å². The quantitative estimate of drug-likeness (QED) is 0.870. The van der Waals surface area contributed by atoms with Crippen molar-refractivity contribution in [2.24, 2.45) is 5.73 Å². The number of benzene rings is 1. The molecule has 3 heteroatoms. The lowest BCUT2D eigenvalue weighted by Gasteiger charge is -2.44. The molecule has 0 saturated carbocycles. The molecule has 1 saturated heterocycles. The predicted octanol–water partition coefficient (Wildman–Crippen LogP) is 2.34. The zero-order valence-electron chi connectivity index (χ0n) is 11.3. The van der Waals surface area contributed by atoms with Gasteiger partial charge in [-0.3, -0.25) is 4.79 Å². The summed E-state index contributed by atoms with van der Waals surface area (Å²) in [7, 11) is 0. The molecule has 2 rings (SSSR count). The highest BCUT2D eigenvalue weighted by Crippen LogP contribution is 2.28. The Bertz CT molecular complexity index is 444. The second kappa shape index (κ2) is 5.11. The Hall–Kier alpha value is -1.35. The summed E-state index contributed by atoms with van der Waals surface area (Å²) >= 11 is 0. The highest BCUT2D eigenvalue weighted by atomic mass is 16.2. The van der Waals surface area contributed by atoms with Crippen LogP contribution in [0.5, 0.6) is 0 Å². The molecule has 0 aliphatic carbocycles. The van der Waals surface area contributed by atoms with Gasteiger partial charge in [-0.2, -0.15) is 0 Å². The fourth-order valence-electron chi connectivity index (χ4n) is 2.67. The number of carbonyl (C=O) groups excluding carboxylic acids is 1. The maximum atomic E-state index is 12.6. The van der Waals surface area contributed by atoms with Gasteiger partial charge in [0.15, 0.2) is 0 Å². The predicted molar refractivity (Wildman–Crippen MR) is 73.5 cm³/mol. The first kappa shape index (κ1) is 13.1. The SMILES string of the molecule is Cc1cccc(C(=O)N2CCCCC2(C)CN)c1. The van der Waals surface area contributed by atoms with Gasteiger partial charge in [-0.25, -0.2) is 0 Å². The number of likely N-dealkylation sites (tertiary alicyclic amines) is 1. The summed E-state index contributed by atoms with van der Waals surface area (Å²) in [5.74, 6) is 0.117. The smallest absolute Gasteiger partial charge is 0.254 e. The Labute approximate surface area is 109 Å². The zero-order valence-corrected chi connectivity index (χ0v) is 11.3. The van der Waals surface area contributed by atoms with E-state index in [4.69, 9.17) is 5.73 Å². The summed E-state index contributed by atoms with van der Waals surface area (Å²) in [5, 5.41) is 0. The molecule has 1 aromatic carbocycles. The third-order valence-corrected chi connectivity index (χ3v) is 3.95. The van der Waals surface area contributed by atoms with Gasteiger partial charge in [-0.1, -0.05) is 17.7 Å². The molecule has 1 aliphatic heterocycles. The van der Waals surface area contributed by atoms with Crippen molar-refractivity contribution < 1.29 is 4.79 Å². The highest BCUT2D eigenvalue weighted by Gasteiger charge is 2.36. The van der Waals surface area contributed by atoms with Crippen molar-refractivity contribution in [3.05, 3.63) is 35.4 Å². The first-order valence-electron chi connectivity index (χ1n) is 6.65. The van der Waals surface area contributed by atoms with Crippen molar-refractivity contribution in [2.45, 2.75) is 38.6 Å². The van der Waals surface area contributed by atoms with Gasteiger partial charge in [0.2, 0.25) is 0 Å². The van der Waals surface area contributed by atoms with Crippen molar-refractivity contribution >= 4 is 5.91 Å². The maximum Gasteiger partial charge on any atom is 0.254 e. The van der Waals surface area contributed by atoms with Crippen molar-refractivity contribution in [1.29, 1.82) is 0 Å². The third kappa shape index (κ3) is 2.41. The molecule has 0 bridgehead atoms. The van der Waals surface area contributed by atoms with E-state index in [0.717, 1.165) is 36.9 Å². The van der Waals surface area contributed by atoms with Crippen LogP contribution in [-0.2, 0) is 0 Å². The van der Waals surface area contributed by atoms with Gasteiger partial charge in [0.05, 0.1) is 5.54 Å². The number of carbonyl (C=O) groups is 1. The van der Waals surface area contributed by atoms with Crippen LogP contribution in [0, 0.1) is 6.92 Å². The first-order chi connectivity index (χ1) is 8.57. The van der Waals surface area contributed by atoms with Gasteiger partial charge < -0.3 is 10.6 Å². The number of rotatable bonds is 2. The first-order valence-corrected chi connectivity index (χ1v) is 6.65. The highest BCUT2D eigenvalue weighted by molar-refractivity contribution is 5.95. The summed E-state index contributed by atoms with van der Waals surface area (Å²) in [6.45, 7) is 5.46. The monoisotopic (exact) mass is 246 g/mol. The Morgan fingerprint density at radius 2 is 2.22 bits per heavy atom. The van der Waals surface area contributed by atoms with Crippen LogP contribution in [0.15, 0.2) is 24.3 Å². The number of hydrogen-bond acceptors (Lipinski definition) is 2. The summed E-state index contributed by atoms with van der Waals surface area (Å²) in [4.78, 5) is 14.6. The van der Waals surface area contributed by atoms with E-state index in [1.54, 1.807) is 0 Å². The molecule has 0 aromatic heterocycles. The standard InChI is InChI=1S/C15H22N2O/c1-12-6-5-7-13(10-12)14(18)17-9-4-3-8-15(17,2)11-16/h5-7,10H,3-4,8-9,11,16H2,1-2H3. The molecule has 0 radical (unpaired) electrons. The molecule has 1 fully saturated rings. The third-order valence-electron chi connectivity index (χ3n) is 3.95. The maximum absolute atomic E-state index is 12.6. The van der Waals surface area contributed by atoms with E-state index in [9.17, 15) is 4.79 Å². The Balaban J connectivity index is 2.26. The number of nitrogens with zero attached hydrogens (tertiary/aromatic N) is 1. The number of amides is 1. The van der Waals surface area contributed by atoms with Crippen LogP contribution < -0.4 is 5.73 Å². The fourth-order valence-corrected chi connectivity index (χ4v) is 2.67. The molecule has 1 amide bonds. The Morgan fingerprint density at radius 1 is 1.44 bits per heavy atom. The Kier molecular flexibility index (Phi) is 3.71. The van der Waals surface area contributed by atoms with Crippen molar-refractivity contribution in [3.63, 3.8) is 0 Å². The minimum Gasteiger partial charge on any atom is -0.332 e. The zero-order chi connectivity index (χ0) is 13.2. The average molecular weight is 246 g/mol. The molecule has 1 atom stereocenters.